The Kier molecular flexibility index (Phi) is 6.61. The zero-order valence-corrected chi connectivity index (χ0v) is 18.5. The Morgan fingerprint density at radius 1 is 1.21 bits per heavy atom. The number of fused-ring (bicyclic) bond motifs is 2. The minimum atomic E-state index is -1.07. The van der Waals surface area contributed by atoms with Gasteiger partial charge in [-0.1, -0.05) is 24.0 Å². The molecule has 0 radical (unpaired) electrons. The van der Waals surface area contributed by atoms with E-state index in [-0.39, 0.29) is 36.3 Å². The molecule has 0 fully saturated rings. The highest BCUT2D eigenvalue weighted by Crippen LogP contribution is 2.37. The minimum absolute atomic E-state index is 0.0830. The summed E-state index contributed by atoms with van der Waals surface area (Å²) in [5, 5.41) is 11.8. The van der Waals surface area contributed by atoms with Crippen LogP contribution in [-0.4, -0.2) is 53.5 Å². The van der Waals surface area contributed by atoms with Crippen LogP contribution in [0.1, 0.15) is 57.0 Å². The molecule has 0 saturated carbocycles. The summed E-state index contributed by atoms with van der Waals surface area (Å²) in [4.78, 5) is 50.8. The molecular formula is C25H23N3O6. The van der Waals surface area contributed by atoms with Crippen molar-refractivity contribution in [2.45, 2.75) is 31.2 Å². The summed E-state index contributed by atoms with van der Waals surface area (Å²) < 4.78 is 4.96. The number of methoxy groups -OCH3 is 1. The Labute approximate surface area is 196 Å². The highest BCUT2D eigenvalue weighted by molar-refractivity contribution is 6.22. The summed E-state index contributed by atoms with van der Waals surface area (Å²) in [6.45, 7) is 0.527. The highest BCUT2D eigenvalue weighted by atomic mass is 16.5. The first-order valence-corrected chi connectivity index (χ1v) is 10.8. The van der Waals surface area contributed by atoms with Crippen molar-refractivity contribution in [3.05, 3.63) is 64.7 Å². The predicted octanol–water partition coefficient (Wildman–Crippen LogP) is 2.06. The molecule has 2 aliphatic heterocycles. The van der Waals surface area contributed by atoms with Crippen LogP contribution in [0.15, 0.2) is 42.5 Å². The molecule has 2 atom stereocenters. The largest absolute Gasteiger partial charge is 0.467 e. The van der Waals surface area contributed by atoms with E-state index in [1.807, 2.05) is 18.2 Å². The molecule has 0 aliphatic carbocycles. The van der Waals surface area contributed by atoms with Gasteiger partial charge in [-0.05, 0) is 42.3 Å². The van der Waals surface area contributed by atoms with Gasteiger partial charge in [0.05, 0.1) is 18.2 Å². The molecule has 174 valence electrons. The fraction of sp³-hybridized carbons (Fsp3) is 0.280. The lowest BCUT2D eigenvalue weighted by Crippen LogP contribution is -2.46. The van der Waals surface area contributed by atoms with Gasteiger partial charge in [-0.2, -0.15) is 0 Å². The molecule has 2 aliphatic rings. The first-order valence-electron chi connectivity index (χ1n) is 10.8. The third-order valence-corrected chi connectivity index (χ3v) is 5.98. The molecule has 1 unspecified atom stereocenters. The summed E-state index contributed by atoms with van der Waals surface area (Å²) in [7, 11) is 1.24. The number of benzene rings is 2. The van der Waals surface area contributed by atoms with E-state index in [0.717, 1.165) is 21.7 Å². The average Bonchev–Trinajstić information content (AvgIpc) is 3.37. The summed E-state index contributed by atoms with van der Waals surface area (Å²) in [6, 6.07) is 11.1. The van der Waals surface area contributed by atoms with E-state index < -0.39 is 29.7 Å². The van der Waals surface area contributed by atoms with E-state index in [4.69, 9.17) is 9.94 Å². The van der Waals surface area contributed by atoms with Gasteiger partial charge in [-0.15, -0.1) is 0 Å². The Bertz CT molecular complexity index is 1190. The molecule has 4 rings (SSSR count). The van der Waals surface area contributed by atoms with Crippen molar-refractivity contribution in [1.29, 1.82) is 0 Å². The molecule has 9 heteroatoms. The number of carbonyl (C=O) groups is 4. The van der Waals surface area contributed by atoms with Crippen LogP contribution in [-0.2, 0) is 14.3 Å². The third-order valence-electron chi connectivity index (χ3n) is 5.98. The number of esters is 1. The quantitative estimate of drug-likeness (QED) is 0.198. The van der Waals surface area contributed by atoms with Crippen LogP contribution in [0, 0.1) is 11.8 Å². The number of amides is 3. The van der Waals surface area contributed by atoms with Gasteiger partial charge >= 0.3 is 5.97 Å². The second-order valence-corrected chi connectivity index (χ2v) is 8.02. The Morgan fingerprint density at radius 2 is 1.91 bits per heavy atom. The number of carbonyl (C=O) groups excluding carboxylic acids is 4. The minimum Gasteiger partial charge on any atom is -0.467 e. The van der Waals surface area contributed by atoms with Crippen LogP contribution in [0.25, 0.3) is 0 Å². The van der Waals surface area contributed by atoms with Crippen LogP contribution >= 0.6 is 0 Å². The maximum Gasteiger partial charge on any atom is 0.329 e. The summed E-state index contributed by atoms with van der Waals surface area (Å²) in [5.74, 6) is 3.56. The molecular weight excluding hydrogens is 438 g/mol. The van der Waals surface area contributed by atoms with Crippen molar-refractivity contribution >= 4 is 29.4 Å². The van der Waals surface area contributed by atoms with Gasteiger partial charge in [0, 0.05) is 36.6 Å². The SMILES string of the molecule is COC(=O)[C@H](CC1CNc2ccc(C#CCCC(=O)NO)cc21)N1C(=O)c2ccccc2C1=O. The Morgan fingerprint density at radius 3 is 2.56 bits per heavy atom. The van der Waals surface area contributed by atoms with Gasteiger partial charge in [0.15, 0.2) is 0 Å². The van der Waals surface area contributed by atoms with Crippen molar-refractivity contribution in [2.75, 3.05) is 19.0 Å². The second kappa shape index (κ2) is 9.77. The van der Waals surface area contributed by atoms with Crippen molar-refractivity contribution in [2.24, 2.45) is 0 Å². The van der Waals surface area contributed by atoms with Crippen LogP contribution in [0.4, 0.5) is 5.69 Å². The highest BCUT2D eigenvalue weighted by Gasteiger charge is 2.44. The van der Waals surface area contributed by atoms with Crippen molar-refractivity contribution in [1.82, 2.24) is 10.4 Å². The zero-order chi connectivity index (χ0) is 24.2. The van der Waals surface area contributed by atoms with Crippen LogP contribution < -0.4 is 10.8 Å². The number of rotatable bonds is 6. The summed E-state index contributed by atoms with van der Waals surface area (Å²) in [6.07, 6.45) is 0.570. The molecule has 34 heavy (non-hydrogen) atoms. The third kappa shape index (κ3) is 4.36. The fourth-order valence-electron chi connectivity index (χ4n) is 4.29. The lowest BCUT2D eigenvalue weighted by atomic mass is 9.92. The van der Waals surface area contributed by atoms with E-state index >= 15 is 0 Å². The number of anilines is 1. The van der Waals surface area contributed by atoms with Crippen molar-refractivity contribution in [3.8, 4) is 11.8 Å². The molecule has 9 nitrogen and oxygen atoms in total. The van der Waals surface area contributed by atoms with Crippen LogP contribution in [0.5, 0.6) is 0 Å². The zero-order valence-electron chi connectivity index (χ0n) is 18.5. The fourth-order valence-corrected chi connectivity index (χ4v) is 4.29. The predicted molar refractivity (Wildman–Crippen MR) is 121 cm³/mol. The van der Waals surface area contributed by atoms with E-state index in [1.54, 1.807) is 29.7 Å². The normalized spacial score (nSPS) is 16.6. The topological polar surface area (TPSA) is 125 Å². The maximum atomic E-state index is 13.0. The van der Waals surface area contributed by atoms with Gasteiger partial charge in [-0.3, -0.25) is 24.5 Å². The number of hydrogen-bond donors (Lipinski definition) is 3. The maximum absolute atomic E-state index is 13.0. The molecule has 0 saturated heterocycles. The van der Waals surface area contributed by atoms with E-state index in [9.17, 15) is 19.2 Å². The van der Waals surface area contributed by atoms with Gasteiger partial charge in [-0.25, -0.2) is 10.3 Å². The molecule has 0 spiro atoms. The number of nitrogens with zero attached hydrogens (tertiary/aromatic N) is 1. The van der Waals surface area contributed by atoms with Gasteiger partial charge in [0.2, 0.25) is 5.91 Å². The summed E-state index contributed by atoms with van der Waals surface area (Å²) >= 11 is 0. The average molecular weight is 461 g/mol. The lowest BCUT2D eigenvalue weighted by molar-refractivity contribution is -0.145. The Hall–Kier alpha value is -4.16. The lowest BCUT2D eigenvalue weighted by Gasteiger charge is -2.26. The van der Waals surface area contributed by atoms with Crippen molar-refractivity contribution in [3.63, 3.8) is 0 Å². The first kappa shape index (κ1) is 23.0. The second-order valence-electron chi connectivity index (χ2n) is 8.02. The molecule has 3 amide bonds. The molecule has 0 aromatic heterocycles. The van der Waals surface area contributed by atoms with Crippen molar-refractivity contribution < 1.29 is 29.1 Å². The van der Waals surface area contributed by atoms with Crippen LogP contribution in [0.2, 0.25) is 0 Å². The molecule has 2 aromatic rings. The van der Waals surface area contributed by atoms with Gasteiger partial charge in [0.25, 0.3) is 11.8 Å². The Balaban J connectivity index is 1.56. The first-order chi connectivity index (χ1) is 16.4. The molecule has 2 aromatic carbocycles. The van der Waals surface area contributed by atoms with Crippen LogP contribution in [0.3, 0.4) is 0 Å². The number of imide groups is 1. The number of nitrogens with one attached hydrogen (secondary N) is 2. The van der Waals surface area contributed by atoms with E-state index in [0.29, 0.717) is 6.54 Å². The summed E-state index contributed by atoms with van der Waals surface area (Å²) in [5.41, 5.74) is 4.66. The molecule has 3 N–H and O–H groups in total. The molecule has 2 heterocycles. The van der Waals surface area contributed by atoms with Gasteiger partial charge in [0.1, 0.15) is 6.04 Å². The smallest absolute Gasteiger partial charge is 0.329 e. The number of hydrogen-bond acceptors (Lipinski definition) is 7. The standard InChI is InChI=1S/C25H23N3O6/c1-34-25(32)21(28-23(30)17-7-3-4-8-18(17)24(28)31)13-16-14-26-20-11-10-15(12-19(16)20)6-2-5-9-22(29)27-33/h3-4,7-8,10-12,16,21,26,33H,5,9,13-14H2,1H3,(H,27,29)/t16?,21-/m0/s1. The van der Waals surface area contributed by atoms with E-state index in [2.05, 4.69) is 17.2 Å². The molecule has 0 bridgehead atoms. The van der Waals surface area contributed by atoms with E-state index in [1.165, 1.54) is 7.11 Å². The van der Waals surface area contributed by atoms with Gasteiger partial charge < -0.3 is 10.1 Å². The monoisotopic (exact) mass is 461 g/mol. The number of ether oxygens (including phenoxy) is 1. The number of hydroxylamine groups is 1.